The molecule has 0 bridgehead atoms. The van der Waals surface area contributed by atoms with E-state index in [1.165, 1.54) is 0 Å². The van der Waals surface area contributed by atoms with Crippen molar-refractivity contribution in [3.8, 4) is 5.75 Å². The van der Waals surface area contributed by atoms with Crippen LogP contribution in [0.3, 0.4) is 0 Å². The number of rotatable bonds is 8. The maximum Gasteiger partial charge on any atom is 0.241 e. The Bertz CT molecular complexity index is 864. The van der Waals surface area contributed by atoms with Crippen LogP contribution < -0.4 is 15.4 Å². The van der Waals surface area contributed by atoms with Gasteiger partial charge in [-0.25, -0.2) is 0 Å². The summed E-state index contributed by atoms with van der Waals surface area (Å²) < 4.78 is 5.78. The first kappa shape index (κ1) is 19.6. The van der Waals surface area contributed by atoms with E-state index in [0.29, 0.717) is 6.61 Å². The Morgan fingerprint density at radius 2 is 1.46 bits per heavy atom. The van der Waals surface area contributed by atoms with Crippen molar-refractivity contribution >= 4 is 11.6 Å². The van der Waals surface area contributed by atoms with Crippen molar-refractivity contribution in [2.24, 2.45) is 0 Å². The van der Waals surface area contributed by atoms with Gasteiger partial charge < -0.3 is 10.1 Å². The number of hydrogen-bond donors (Lipinski definition) is 2. The molecule has 0 spiro atoms. The van der Waals surface area contributed by atoms with Gasteiger partial charge in [-0.15, -0.1) is 0 Å². The highest BCUT2D eigenvalue weighted by Crippen LogP contribution is 2.18. The minimum Gasteiger partial charge on any atom is -0.489 e. The summed E-state index contributed by atoms with van der Waals surface area (Å²) in [4.78, 5) is 12.5. The predicted molar refractivity (Wildman–Crippen MR) is 113 cm³/mol. The third-order valence-corrected chi connectivity index (χ3v) is 4.56. The van der Waals surface area contributed by atoms with Crippen LogP contribution in [0.15, 0.2) is 84.9 Å². The average molecular weight is 374 g/mol. The van der Waals surface area contributed by atoms with Gasteiger partial charge in [-0.05, 0) is 49.2 Å². The number of nitrogens with one attached hydrogen (secondary N) is 2. The van der Waals surface area contributed by atoms with E-state index in [0.717, 1.165) is 22.6 Å². The van der Waals surface area contributed by atoms with Crippen molar-refractivity contribution in [3.05, 3.63) is 96.1 Å². The Balaban J connectivity index is 1.49. The van der Waals surface area contributed by atoms with E-state index in [1.54, 1.807) is 0 Å². The summed E-state index contributed by atoms with van der Waals surface area (Å²) in [5.74, 6) is 0.700. The zero-order valence-electron chi connectivity index (χ0n) is 16.3. The molecule has 0 aliphatic heterocycles. The standard InChI is InChI=1S/C24H26N2O2/c1-18(21-11-7-4-8-12-21)25-19(2)24(27)26-22-13-15-23(16-14-22)28-17-20-9-5-3-6-10-20/h3-16,18-19,25H,17H2,1-2H3,(H,26,27)/t18-,19+/m1/s1. The third kappa shape index (κ3) is 5.69. The van der Waals surface area contributed by atoms with Crippen LogP contribution in [0.1, 0.15) is 31.0 Å². The Kier molecular flexibility index (Phi) is 6.82. The quantitative estimate of drug-likeness (QED) is 0.587. The summed E-state index contributed by atoms with van der Waals surface area (Å²) in [7, 11) is 0. The summed E-state index contributed by atoms with van der Waals surface area (Å²) in [5, 5.41) is 6.27. The lowest BCUT2D eigenvalue weighted by molar-refractivity contribution is -0.117. The highest BCUT2D eigenvalue weighted by molar-refractivity contribution is 5.94. The normalized spacial score (nSPS) is 12.8. The number of ether oxygens (including phenoxy) is 1. The summed E-state index contributed by atoms with van der Waals surface area (Å²) in [6.45, 7) is 4.44. The molecule has 3 aromatic carbocycles. The van der Waals surface area contributed by atoms with Crippen molar-refractivity contribution in [2.45, 2.75) is 32.5 Å². The summed E-state index contributed by atoms with van der Waals surface area (Å²) >= 11 is 0. The Morgan fingerprint density at radius 1 is 0.857 bits per heavy atom. The lowest BCUT2D eigenvalue weighted by atomic mass is 10.1. The molecule has 4 heteroatoms. The van der Waals surface area contributed by atoms with Crippen molar-refractivity contribution in [2.75, 3.05) is 5.32 Å². The van der Waals surface area contributed by atoms with Crippen molar-refractivity contribution < 1.29 is 9.53 Å². The SMILES string of the molecule is C[C@H](N[C@H](C)c1ccccc1)C(=O)Nc1ccc(OCc2ccccc2)cc1. The van der Waals surface area contributed by atoms with Crippen molar-refractivity contribution in [1.82, 2.24) is 5.32 Å². The second-order valence-corrected chi connectivity index (χ2v) is 6.81. The van der Waals surface area contributed by atoms with Crippen LogP contribution in [0.25, 0.3) is 0 Å². The fourth-order valence-electron chi connectivity index (χ4n) is 2.91. The largest absolute Gasteiger partial charge is 0.489 e. The molecule has 0 aliphatic carbocycles. The molecule has 0 saturated carbocycles. The van der Waals surface area contributed by atoms with E-state index in [1.807, 2.05) is 79.7 Å². The lowest BCUT2D eigenvalue weighted by Gasteiger charge is -2.20. The molecular formula is C24H26N2O2. The van der Waals surface area contributed by atoms with Crippen LogP contribution in [-0.4, -0.2) is 11.9 Å². The van der Waals surface area contributed by atoms with E-state index in [9.17, 15) is 4.79 Å². The summed E-state index contributed by atoms with van der Waals surface area (Å²) in [6.07, 6.45) is 0. The second kappa shape index (κ2) is 9.72. The molecule has 0 unspecified atom stereocenters. The molecule has 2 N–H and O–H groups in total. The molecule has 4 nitrogen and oxygen atoms in total. The summed E-state index contributed by atoms with van der Waals surface area (Å²) in [5.41, 5.74) is 3.02. The minimum absolute atomic E-state index is 0.0688. The monoisotopic (exact) mass is 374 g/mol. The molecule has 0 fully saturated rings. The number of hydrogen-bond acceptors (Lipinski definition) is 3. The molecule has 1 amide bonds. The number of amides is 1. The van der Waals surface area contributed by atoms with Crippen LogP contribution in [0.5, 0.6) is 5.75 Å². The van der Waals surface area contributed by atoms with Gasteiger partial charge in [-0.1, -0.05) is 60.7 Å². The minimum atomic E-state index is -0.316. The Hall–Kier alpha value is -3.11. The average Bonchev–Trinajstić information content (AvgIpc) is 2.74. The summed E-state index contributed by atoms with van der Waals surface area (Å²) in [6, 6.07) is 27.3. The van der Waals surface area contributed by atoms with Crippen LogP contribution in [-0.2, 0) is 11.4 Å². The first-order chi connectivity index (χ1) is 13.6. The van der Waals surface area contributed by atoms with Crippen LogP contribution in [0.2, 0.25) is 0 Å². The van der Waals surface area contributed by atoms with Crippen molar-refractivity contribution in [1.29, 1.82) is 0 Å². The van der Waals surface area contributed by atoms with Gasteiger partial charge in [0.1, 0.15) is 12.4 Å². The third-order valence-electron chi connectivity index (χ3n) is 4.56. The second-order valence-electron chi connectivity index (χ2n) is 6.81. The molecule has 0 aromatic heterocycles. The molecule has 3 rings (SSSR count). The van der Waals surface area contributed by atoms with E-state index >= 15 is 0 Å². The van der Waals surface area contributed by atoms with E-state index in [-0.39, 0.29) is 18.0 Å². The highest BCUT2D eigenvalue weighted by Gasteiger charge is 2.16. The number of carbonyl (C=O) groups is 1. The molecule has 0 saturated heterocycles. The maximum atomic E-state index is 12.5. The van der Waals surface area contributed by atoms with Gasteiger partial charge in [0.15, 0.2) is 0 Å². The van der Waals surface area contributed by atoms with E-state index in [2.05, 4.69) is 29.7 Å². The van der Waals surface area contributed by atoms with Gasteiger partial charge in [0.05, 0.1) is 6.04 Å². The van der Waals surface area contributed by atoms with E-state index < -0.39 is 0 Å². The van der Waals surface area contributed by atoms with Crippen LogP contribution in [0.4, 0.5) is 5.69 Å². The first-order valence-corrected chi connectivity index (χ1v) is 9.50. The molecule has 2 atom stereocenters. The Morgan fingerprint density at radius 3 is 2.11 bits per heavy atom. The number of anilines is 1. The van der Waals surface area contributed by atoms with E-state index in [4.69, 9.17) is 4.74 Å². The van der Waals surface area contributed by atoms with Gasteiger partial charge in [-0.3, -0.25) is 10.1 Å². The number of benzene rings is 3. The lowest BCUT2D eigenvalue weighted by Crippen LogP contribution is -2.39. The van der Waals surface area contributed by atoms with Gasteiger partial charge in [0.2, 0.25) is 5.91 Å². The molecule has 3 aromatic rings. The predicted octanol–water partition coefficient (Wildman–Crippen LogP) is 4.94. The number of carbonyl (C=O) groups excluding carboxylic acids is 1. The fourth-order valence-corrected chi connectivity index (χ4v) is 2.91. The molecule has 0 aliphatic rings. The highest BCUT2D eigenvalue weighted by atomic mass is 16.5. The maximum absolute atomic E-state index is 12.5. The van der Waals surface area contributed by atoms with Crippen molar-refractivity contribution in [3.63, 3.8) is 0 Å². The fraction of sp³-hybridized carbons (Fsp3) is 0.208. The molecular weight excluding hydrogens is 348 g/mol. The van der Waals surface area contributed by atoms with Crippen LogP contribution >= 0.6 is 0 Å². The van der Waals surface area contributed by atoms with Crippen LogP contribution in [0, 0.1) is 0 Å². The van der Waals surface area contributed by atoms with Gasteiger partial charge in [0.25, 0.3) is 0 Å². The van der Waals surface area contributed by atoms with Gasteiger partial charge in [0, 0.05) is 11.7 Å². The first-order valence-electron chi connectivity index (χ1n) is 9.50. The molecule has 0 radical (unpaired) electrons. The smallest absolute Gasteiger partial charge is 0.241 e. The van der Waals surface area contributed by atoms with Gasteiger partial charge >= 0.3 is 0 Å². The molecule has 144 valence electrons. The zero-order valence-corrected chi connectivity index (χ0v) is 16.3. The molecule has 0 heterocycles. The zero-order chi connectivity index (χ0) is 19.8. The van der Waals surface area contributed by atoms with Gasteiger partial charge in [-0.2, -0.15) is 0 Å². The molecule has 28 heavy (non-hydrogen) atoms. The Labute approximate surface area is 166 Å². The topological polar surface area (TPSA) is 50.4 Å².